The third-order valence-electron chi connectivity index (χ3n) is 2.35. The predicted molar refractivity (Wildman–Crippen MR) is 62.0 cm³/mol. The standard InChI is InChI=1S/C11H9F3N4O/c1-6(19)16-18-10-9-4-8(11(12,13)14)3-2-7(9)5-15-17-10/h2-5H,1H3,(H,16,19)(H,17,18). The molecule has 1 heterocycles. The van der Waals surface area contributed by atoms with Crippen LogP contribution in [0.25, 0.3) is 10.8 Å². The van der Waals surface area contributed by atoms with Crippen molar-refractivity contribution in [3.8, 4) is 0 Å². The number of fused-ring (bicyclic) bond motifs is 1. The average molecular weight is 270 g/mol. The summed E-state index contributed by atoms with van der Waals surface area (Å²) in [6, 6.07) is 3.21. The van der Waals surface area contributed by atoms with E-state index in [0.717, 1.165) is 12.1 Å². The second-order valence-electron chi connectivity index (χ2n) is 3.80. The van der Waals surface area contributed by atoms with Crippen LogP contribution >= 0.6 is 0 Å². The van der Waals surface area contributed by atoms with Crippen LogP contribution < -0.4 is 10.9 Å². The van der Waals surface area contributed by atoms with Crippen LogP contribution in [0.15, 0.2) is 24.4 Å². The van der Waals surface area contributed by atoms with Gasteiger partial charge in [0, 0.05) is 17.7 Å². The fraction of sp³-hybridized carbons (Fsp3) is 0.182. The molecule has 1 amide bonds. The number of hydrogen-bond donors (Lipinski definition) is 2. The van der Waals surface area contributed by atoms with E-state index in [-0.39, 0.29) is 11.2 Å². The molecule has 0 aliphatic heterocycles. The zero-order valence-corrected chi connectivity index (χ0v) is 9.75. The highest BCUT2D eigenvalue weighted by atomic mass is 19.4. The Morgan fingerprint density at radius 2 is 2.05 bits per heavy atom. The molecule has 2 aromatic rings. The van der Waals surface area contributed by atoms with Crippen LogP contribution in [-0.4, -0.2) is 16.1 Å². The summed E-state index contributed by atoms with van der Waals surface area (Å²) in [6.45, 7) is 1.26. The van der Waals surface area contributed by atoms with Crippen molar-refractivity contribution in [2.75, 3.05) is 5.43 Å². The zero-order valence-electron chi connectivity index (χ0n) is 9.75. The molecule has 8 heteroatoms. The Morgan fingerprint density at radius 3 is 2.68 bits per heavy atom. The first-order valence-electron chi connectivity index (χ1n) is 5.23. The number of benzene rings is 1. The van der Waals surface area contributed by atoms with Crippen molar-refractivity contribution in [3.05, 3.63) is 30.0 Å². The monoisotopic (exact) mass is 270 g/mol. The van der Waals surface area contributed by atoms with E-state index < -0.39 is 17.6 Å². The molecule has 2 rings (SSSR count). The summed E-state index contributed by atoms with van der Waals surface area (Å²) in [7, 11) is 0. The fourth-order valence-electron chi connectivity index (χ4n) is 1.49. The van der Waals surface area contributed by atoms with E-state index in [1.807, 2.05) is 0 Å². The van der Waals surface area contributed by atoms with E-state index in [1.54, 1.807) is 0 Å². The van der Waals surface area contributed by atoms with Gasteiger partial charge in [-0.3, -0.25) is 15.6 Å². The normalized spacial score (nSPS) is 11.4. The van der Waals surface area contributed by atoms with Crippen LogP contribution in [-0.2, 0) is 11.0 Å². The molecule has 0 atom stereocenters. The lowest BCUT2D eigenvalue weighted by atomic mass is 10.1. The summed E-state index contributed by atoms with van der Waals surface area (Å²) in [4.78, 5) is 10.8. The van der Waals surface area contributed by atoms with Crippen LogP contribution in [0.1, 0.15) is 12.5 Å². The number of aromatic nitrogens is 2. The molecule has 100 valence electrons. The van der Waals surface area contributed by atoms with Crippen molar-refractivity contribution in [2.24, 2.45) is 0 Å². The van der Waals surface area contributed by atoms with Gasteiger partial charge in [0.15, 0.2) is 5.82 Å². The first kappa shape index (κ1) is 13.1. The molecule has 1 aromatic heterocycles. The van der Waals surface area contributed by atoms with E-state index in [2.05, 4.69) is 21.0 Å². The van der Waals surface area contributed by atoms with Crippen molar-refractivity contribution in [3.63, 3.8) is 0 Å². The van der Waals surface area contributed by atoms with Gasteiger partial charge in [-0.05, 0) is 12.1 Å². The van der Waals surface area contributed by atoms with Crippen LogP contribution in [0.5, 0.6) is 0 Å². The Bertz CT molecular complexity index is 627. The molecule has 0 spiro atoms. The number of nitrogens with zero attached hydrogens (tertiary/aromatic N) is 2. The van der Waals surface area contributed by atoms with E-state index >= 15 is 0 Å². The summed E-state index contributed by atoms with van der Waals surface area (Å²) in [5.41, 5.74) is 3.87. The van der Waals surface area contributed by atoms with E-state index in [9.17, 15) is 18.0 Å². The number of alkyl halides is 3. The highest BCUT2D eigenvalue weighted by Crippen LogP contribution is 2.32. The minimum absolute atomic E-state index is 0.0544. The summed E-state index contributed by atoms with van der Waals surface area (Å²) < 4.78 is 37.9. The third kappa shape index (κ3) is 2.90. The number of halogens is 3. The van der Waals surface area contributed by atoms with E-state index in [4.69, 9.17) is 0 Å². The second kappa shape index (κ2) is 4.71. The largest absolute Gasteiger partial charge is 0.416 e. The highest BCUT2D eigenvalue weighted by molar-refractivity contribution is 5.92. The number of amides is 1. The quantitative estimate of drug-likeness (QED) is 0.820. The van der Waals surface area contributed by atoms with Gasteiger partial charge >= 0.3 is 6.18 Å². The number of rotatable bonds is 2. The molecule has 5 nitrogen and oxygen atoms in total. The Balaban J connectivity index is 2.49. The van der Waals surface area contributed by atoms with Crippen molar-refractivity contribution in [1.29, 1.82) is 0 Å². The van der Waals surface area contributed by atoms with Crippen LogP contribution in [0.2, 0.25) is 0 Å². The summed E-state index contributed by atoms with van der Waals surface area (Å²) in [5.74, 6) is -0.343. The van der Waals surface area contributed by atoms with Crippen molar-refractivity contribution < 1.29 is 18.0 Å². The number of hydrazine groups is 1. The highest BCUT2D eigenvalue weighted by Gasteiger charge is 2.30. The van der Waals surface area contributed by atoms with Crippen molar-refractivity contribution in [1.82, 2.24) is 15.6 Å². The molecule has 1 aromatic carbocycles. The lowest BCUT2D eigenvalue weighted by Gasteiger charge is -2.10. The number of carbonyl (C=O) groups is 1. The molecule has 0 bridgehead atoms. The Kier molecular flexibility index (Phi) is 3.24. The van der Waals surface area contributed by atoms with Crippen LogP contribution in [0, 0.1) is 0 Å². The summed E-state index contributed by atoms with van der Waals surface area (Å²) in [5, 5.41) is 8.00. The molecular formula is C11H9F3N4O. The summed E-state index contributed by atoms with van der Waals surface area (Å²) in [6.07, 6.45) is -3.10. The van der Waals surface area contributed by atoms with Crippen molar-refractivity contribution >= 4 is 22.5 Å². The molecular weight excluding hydrogens is 261 g/mol. The number of carbonyl (C=O) groups excluding carboxylic acids is 1. The van der Waals surface area contributed by atoms with Gasteiger partial charge in [-0.15, -0.1) is 5.10 Å². The lowest BCUT2D eigenvalue weighted by Crippen LogP contribution is -2.27. The molecule has 0 saturated heterocycles. The van der Waals surface area contributed by atoms with Gasteiger partial charge in [-0.1, -0.05) is 6.07 Å². The molecule has 0 fully saturated rings. The number of nitrogens with one attached hydrogen (secondary N) is 2. The van der Waals surface area contributed by atoms with Gasteiger partial charge in [0.05, 0.1) is 11.8 Å². The number of hydrogen-bond acceptors (Lipinski definition) is 4. The van der Waals surface area contributed by atoms with Gasteiger partial charge in [-0.2, -0.15) is 18.3 Å². The maximum atomic E-state index is 12.6. The Hall–Kier alpha value is -2.38. The molecule has 2 N–H and O–H groups in total. The van der Waals surface area contributed by atoms with Gasteiger partial charge in [-0.25, -0.2) is 0 Å². The fourth-order valence-corrected chi connectivity index (χ4v) is 1.49. The molecule has 0 aliphatic rings. The first-order valence-corrected chi connectivity index (χ1v) is 5.23. The van der Waals surface area contributed by atoms with E-state index in [1.165, 1.54) is 19.2 Å². The van der Waals surface area contributed by atoms with Gasteiger partial charge in [0.2, 0.25) is 5.91 Å². The third-order valence-corrected chi connectivity index (χ3v) is 2.35. The molecule has 19 heavy (non-hydrogen) atoms. The molecule has 0 saturated carbocycles. The molecule has 0 radical (unpaired) electrons. The maximum absolute atomic E-state index is 12.6. The number of anilines is 1. The first-order chi connectivity index (χ1) is 8.88. The smallest absolute Gasteiger partial charge is 0.280 e. The average Bonchev–Trinajstić information content (AvgIpc) is 2.34. The second-order valence-corrected chi connectivity index (χ2v) is 3.80. The van der Waals surface area contributed by atoms with Gasteiger partial charge in [0.1, 0.15) is 0 Å². The topological polar surface area (TPSA) is 66.9 Å². The van der Waals surface area contributed by atoms with Crippen LogP contribution in [0.3, 0.4) is 0 Å². The zero-order chi connectivity index (χ0) is 14.0. The molecule has 0 aliphatic carbocycles. The van der Waals surface area contributed by atoms with E-state index in [0.29, 0.717) is 5.39 Å². The predicted octanol–water partition coefficient (Wildman–Crippen LogP) is 2.11. The minimum Gasteiger partial charge on any atom is -0.280 e. The van der Waals surface area contributed by atoms with Crippen molar-refractivity contribution in [2.45, 2.75) is 13.1 Å². The maximum Gasteiger partial charge on any atom is 0.416 e. The Labute approximate surface area is 105 Å². The van der Waals surface area contributed by atoms with Gasteiger partial charge in [0.25, 0.3) is 0 Å². The van der Waals surface area contributed by atoms with Gasteiger partial charge < -0.3 is 0 Å². The van der Waals surface area contributed by atoms with Crippen LogP contribution in [0.4, 0.5) is 19.0 Å². The summed E-state index contributed by atoms with van der Waals surface area (Å²) >= 11 is 0. The minimum atomic E-state index is -4.44. The SMILES string of the molecule is CC(=O)NNc1nncc2ccc(C(F)(F)F)cc12. The lowest BCUT2D eigenvalue weighted by molar-refractivity contribution is -0.137. The Morgan fingerprint density at radius 1 is 1.32 bits per heavy atom. The molecule has 0 unspecified atom stereocenters.